The monoisotopic (exact) mass is 403 g/mol. The van der Waals surface area contributed by atoms with Crippen molar-refractivity contribution in [3.63, 3.8) is 0 Å². The Morgan fingerprint density at radius 2 is 1.80 bits per heavy atom. The normalized spacial score (nSPS) is 18.1. The summed E-state index contributed by atoms with van der Waals surface area (Å²) < 4.78 is 0. The number of carbonyl (C=O) groups excluding carboxylic acids is 2. The number of hydrogen-bond acceptors (Lipinski definition) is 5. The van der Waals surface area contributed by atoms with Crippen LogP contribution in [0.1, 0.15) is 23.1 Å². The molecule has 0 aliphatic carbocycles. The summed E-state index contributed by atoms with van der Waals surface area (Å²) in [6.45, 7) is 1.07. The molecule has 2 atom stereocenters. The van der Waals surface area contributed by atoms with Gasteiger partial charge in [-0.25, -0.2) is 5.01 Å². The van der Waals surface area contributed by atoms with Gasteiger partial charge in [-0.15, -0.1) is 0 Å². The van der Waals surface area contributed by atoms with E-state index in [4.69, 9.17) is 7.85 Å². The SMILES string of the molecule is [B]c1ccc(CN2N=C(C(O)C(O)C(=O)N3CCc4ccccc4C3)CC2=O)cc1. The minimum absolute atomic E-state index is 0.0914. The van der Waals surface area contributed by atoms with Crippen LogP contribution < -0.4 is 5.46 Å². The van der Waals surface area contributed by atoms with Crippen molar-refractivity contribution in [3.8, 4) is 0 Å². The minimum atomic E-state index is -1.67. The maximum atomic E-state index is 12.7. The maximum Gasteiger partial charge on any atom is 0.254 e. The standard InChI is InChI=1S/C22H22BN3O4/c23-17-7-5-14(6-8-17)12-26-19(27)11-18(24-26)20(28)21(29)22(30)25-10-9-15-3-1-2-4-16(15)13-25/h1-8,20-21,28-29H,9-13H2. The van der Waals surface area contributed by atoms with Gasteiger partial charge in [-0.05, 0) is 23.1 Å². The molecule has 2 radical (unpaired) electrons. The third-order valence-electron chi connectivity index (χ3n) is 5.52. The van der Waals surface area contributed by atoms with Crippen LogP contribution in [0.3, 0.4) is 0 Å². The second-order valence-electron chi connectivity index (χ2n) is 7.63. The van der Waals surface area contributed by atoms with Crippen LogP contribution >= 0.6 is 0 Å². The molecule has 0 saturated heterocycles. The van der Waals surface area contributed by atoms with E-state index < -0.39 is 18.1 Å². The molecule has 2 unspecified atom stereocenters. The van der Waals surface area contributed by atoms with Crippen LogP contribution in [0.2, 0.25) is 0 Å². The van der Waals surface area contributed by atoms with Crippen molar-refractivity contribution in [1.82, 2.24) is 9.91 Å². The van der Waals surface area contributed by atoms with Gasteiger partial charge in [-0.3, -0.25) is 9.59 Å². The predicted molar refractivity (Wildman–Crippen MR) is 112 cm³/mol. The minimum Gasteiger partial charge on any atom is -0.384 e. The number of aliphatic hydroxyl groups excluding tert-OH is 2. The number of rotatable bonds is 5. The van der Waals surface area contributed by atoms with Crippen molar-refractivity contribution in [2.24, 2.45) is 5.10 Å². The van der Waals surface area contributed by atoms with Crippen LogP contribution in [0, 0.1) is 0 Å². The van der Waals surface area contributed by atoms with Crippen LogP contribution in [0.15, 0.2) is 53.6 Å². The van der Waals surface area contributed by atoms with Crippen LogP contribution in [-0.2, 0) is 29.1 Å². The molecule has 152 valence electrons. The predicted octanol–water partition coefficient (Wildman–Crippen LogP) is -0.125. The Kier molecular flexibility index (Phi) is 5.70. The van der Waals surface area contributed by atoms with Crippen LogP contribution in [0.4, 0.5) is 0 Å². The van der Waals surface area contributed by atoms with E-state index >= 15 is 0 Å². The largest absolute Gasteiger partial charge is 0.384 e. The Morgan fingerprint density at radius 3 is 2.53 bits per heavy atom. The smallest absolute Gasteiger partial charge is 0.254 e. The van der Waals surface area contributed by atoms with Crippen molar-refractivity contribution in [2.45, 2.75) is 38.1 Å². The first-order valence-electron chi connectivity index (χ1n) is 9.86. The molecule has 2 amide bonds. The van der Waals surface area contributed by atoms with Gasteiger partial charge in [0, 0.05) is 13.1 Å². The number of aliphatic hydroxyl groups is 2. The molecule has 30 heavy (non-hydrogen) atoms. The zero-order chi connectivity index (χ0) is 21.3. The van der Waals surface area contributed by atoms with Gasteiger partial charge in [0.2, 0.25) is 5.91 Å². The third-order valence-corrected chi connectivity index (χ3v) is 5.52. The number of amides is 2. The quantitative estimate of drug-likeness (QED) is 0.681. The topological polar surface area (TPSA) is 93.4 Å². The fraction of sp³-hybridized carbons (Fsp3) is 0.318. The maximum absolute atomic E-state index is 12.7. The van der Waals surface area contributed by atoms with Crippen molar-refractivity contribution < 1.29 is 19.8 Å². The van der Waals surface area contributed by atoms with Crippen molar-refractivity contribution in [3.05, 3.63) is 65.2 Å². The molecule has 2 aliphatic rings. The number of nitrogens with zero attached hydrogens (tertiary/aromatic N) is 3. The molecular formula is C22H22BN3O4. The summed E-state index contributed by atoms with van der Waals surface area (Å²) in [5.41, 5.74) is 3.75. The van der Waals surface area contributed by atoms with E-state index in [9.17, 15) is 19.8 Å². The molecule has 2 aromatic rings. The van der Waals surface area contributed by atoms with Gasteiger partial charge in [0.25, 0.3) is 5.91 Å². The number of carbonyl (C=O) groups is 2. The molecule has 0 aromatic heterocycles. The first kappa shape index (κ1) is 20.3. The summed E-state index contributed by atoms with van der Waals surface area (Å²) in [7, 11) is 5.67. The summed E-state index contributed by atoms with van der Waals surface area (Å²) in [5.74, 6) is -0.864. The Labute approximate surface area is 176 Å². The summed E-state index contributed by atoms with van der Waals surface area (Å²) in [4.78, 5) is 26.6. The van der Waals surface area contributed by atoms with Gasteiger partial charge >= 0.3 is 0 Å². The van der Waals surface area contributed by atoms with E-state index in [0.717, 1.165) is 11.1 Å². The van der Waals surface area contributed by atoms with Crippen LogP contribution in [0.5, 0.6) is 0 Å². The third kappa shape index (κ3) is 4.15. The summed E-state index contributed by atoms with van der Waals surface area (Å²) in [6, 6.07) is 14.9. The van der Waals surface area contributed by atoms with E-state index in [0.29, 0.717) is 25.0 Å². The molecule has 2 aliphatic heterocycles. The lowest BCUT2D eigenvalue weighted by molar-refractivity contribution is -0.144. The Hall–Kier alpha value is -2.97. The Balaban J connectivity index is 1.42. The molecule has 0 fully saturated rings. The molecule has 0 bridgehead atoms. The van der Waals surface area contributed by atoms with Crippen molar-refractivity contribution in [2.75, 3.05) is 6.54 Å². The average molecular weight is 403 g/mol. The highest BCUT2D eigenvalue weighted by Crippen LogP contribution is 2.21. The zero-order valence-corrected chi connectivity index (χ0v) is 16.4. The van der Waals surface area contributed by atoms with Gasteiger partial charge in [0.05, 0.1) is 18.7 Å². The molecule has 7 nitrogen and oxygen atoms in total. The molecule has 2 N–H and O–H groups in total. The first-order valence-corrected chi connectivity index (χ1v) is 9.86. The Morgan fingerprint density at radius 1 is 1.10 bits per heavy atom. The van der Waals surface area contributed by atoms with Gasteiger partial charge < -0.3 is 15.1 Å². The molecule has 0 saturated carbocycles. The molecular weight excluding hydrogens is 381 g/mol. The van der Waals surface area contributed by atoms with Gasteiger partial charge in [0.1, 0.15) is 14.0 Å². The van der Waals surface area contributed by atoms with E-state index in [2.05, 4.69) is 5.10 Å². The van der Waals surface area contributed by atoms with Crippen molar-refractivity contribution in [1.29, 1.82) is 0 Å². The Bertz CT molecular complexity index is 992. The van der Waals surface area contributed by atoms with E-state index in [1.54, 1.807) is 24.3 Å². The van der Waals surface area contributed by atoms with Gasteiger partial charge in [0.15, 0.2) is 6.10 Å². The highest BCUT2D eigenvalue weighted by Gasteiger charge is 2.37. The number of hydrogen-bond donors (Lipinski definition) is 2. The fourth-order valence-electron chi connectivity index (χ4n) is 3.76. The van der Waals surface area contributed by atoms with Crippen LogP contribution in [0.25, 0.3) is 0 Å². The highest BCUT2D eigenvalue weighted by atomic mass is 16.3. The number of benzene rings is 2. The molecule has 4 rings (SSSR count). The molecule has 2 aromatic carbocycles. The lowest BCUT2D eigenvalue weighted by atomic mass is 9.95. The number of fused-ring (bicyclic) bond motifs is 1. The van der Waals surface area contributed by atoms with Gasteiger partial charge in [-0.1, -0.05) is 54.0 Å². The summed E-state index contributed by atoms with van der Waals surface area (Å²) >= 11 is 0. The van der Waals surface area contributed by atoms with E-state index in [-0.39, 0.29) is 24.6 Å². The molecule has 8 heteroatoms. The fourth-order valence-corrected chi connectivity index (χ4v) is 3.76. The highest BCUT2D eigenvalue weighted by molar-refractivity contribution is 6.32. The summed E-state index contributed by atoms with van der Waals surface area (Å²) in [6.07, 6.45) is -2.64. The number of hydrazone groups is 1. The second kappa shape index (κ2) is 8.42. The summed E-state index contributed by atoms with van der Waals surface area (Å²) in [5, 5.41) is 26.4. The van der Waals surface area contributed by atoms with Crippen molar-refractivity contribution >= 4 is 30.8 Å². The lowest BCUT2D eigenvalue weighted by Crippen LogP contribution is -2.48. The van der Waals surface area contributed by atoms with Gasteiger partial charge in [-0.2, -0.15) is 5.10 Å². The van der Waals surface area contributed by atoms with E-state index in [1.165, 1.54) is 15.5 Å². The second-order valence-corrected chi connectivity index (χ2v) is 7.63. The first-order chi connectivity index (χ1) is 14.4. The zero-order valence-electron chi connectivity index (χ0n) is 16.4. The van der Waals surface area contributed by atoms with Crippen LogP contribution in [-0.4, -0.2) is 64.2 Å². The lowest BCUT2D eigenvalue weighted by Gasteiger charge is -2.31. The van der Waals surface area contributed by atoms with E-state index in [1.807, 2.05) is 24.3 Å². The molecule has 0 spiro atoms. The average Bonchev–Trinajstić information content (AvgIpc) is 3.13. The molecule has 2 heterocycles.